The third-order valence-corrected chi connectivity index (χ3v) is 4.35. The first-order chi connectivity index (χ1) is 11.6. The van der Waals surface area contributed by atoms with E-state index in [-0.39, 0.29) is 0 Å². The maximum absolute atomic E-state index is 5.92. The molecule has 1 aromatic carbocycles. The van der Waals surface area contributed by atoms with E-state index in [1.807, 2.05) is 18.2 Å². The van der Waals surface area contributed by atoms with Gasteiger partial charge in [-0.2, -0.15) is 0 Å². The summed E-state index contributed by atoms with van der Waals surface area (Å²) >= 11 is 7.59. The molecule has 2 rings (SSSR count). The zero-order chi connectivity index (χ0) is 17.4. The molecule has 24 heavy (non-hydrogen) atoms. The highest BCUT2D eigenvalue weighted by Gasteiger charge is 2.06. The second kappa shape index (κ2) is 9.49. The number of aromatic nitrogens is 1. The van der Waals surface area contributed by atoms with E-state index in [9.17, 15) is 0 Å². The molecule has 0 aliphatic carbocycles. The zero-order valence-corrected chi connectivity index (χ0v) is 15.7. The molecular weight excluding hydrogens is 344 g/mol. The van der Waals surface area contributed by atoms with Gasteiger partial charge in [0.2, 0.25) is 0 Å². The molecule has 0 aliphatic rings. The summed E-state index contributed by atoms with van der Waals surface area (Å²) in [6, 6.07) is 7.36. The van der Waals surface area contributed by atoms with Gasteiger partial charge in [-0.3, -0.25) is 4.99 Å². The van der Waals surface area contributed by atoms with Crippen LogP contribution >= 0.6 is 22.9 Å². The Balaban J connectivity index is 1.70. The number of halogens is 1. The summed E-state index contributed by atoms with van der Waals surface area (Å²) in [7, 11) is 1.74. The van der Waals surface area contributed by atoms with Crippen molar-refractivity contribution in [3.8, 4) is 5.75 Å². The van der Waals surface area contributed by atoms with Crippen LogP contribution in [0.15, 0.2) is 34.6 Å². The van der Waals surface area contributed by atoms with Crippen LogP contribution < -0.4 is 15.4 Å². The summed E-state index contributed by atoms with van der Waals surface area (Å²) in [6.07, 6.45) is 0. The Bertz CT molecular complexity index is 672. The lowest BCUT2D eigenvalue weighted by Crippen LogP contribution is -2.38. The minimum absolute atomic E-state index is 0.455. The lowest BCUT2D eigenvalue weighted by atomic mass is 10.2. The fraction of sp³-hybridized carbons (Fsp3) is 0.412. The number of benzene rings is 1. The van der Waals surface area contributed by atoms with E-state index in [0.29, 0.717) is 30.6 Å². The standard InChI is InChI=1S/C17H23ClN4OS/c1-12(2)15-11-24-16(22-15)10-21-17(19-3)20-7-8-23-14-6-4-5-13(18)9-14/h4-6,9,11-12H,7-8,10H2,1-3H3,(H2,19,20,21). The van der Waals surface area contributed by atoms with E-state index in [1.54, 1.807) is 24.5 Å². The second-order valence-corrected chi connectivity index (χ2v) is 6.86. The van der Waals surface area contributed by atoms with Crippen LogP contribution in [0.2, 0.25) is 5.02 Å². The van der Waals surface area contributed by atoms with Gasteiger partial charge in [-0.15, -0.1) is 11.3 Å². The molecule has 130 valence electrons. The number of rotatable bonds is 7. The van der Waals surface area contributed by atoms with Gasteiger partial charge in [-0.25, -0.2) is 4.98 Å². The van der Waals surface area contributed by atoms with Crippen LogP contribution in [0.5, 0.6) is 5.75 Å². The van der Waals surface area contributed by atoms with Gasteiger partial charge in [0.25, 0.3) is 0 Å². The van der Waals surface area contributed by atoms with Crippen molar-refractivity contribution in [2.75, 3.05) is 20.2 Å². The van der Waals surface area contributed by atoms with Crippen molar-refractivity contribution >= 4 is 28.9 Å². The number of guanidine groups is 1. The molecular formula is C17H23ClN4OS. The molecule has 0 unspecified atom stereocenters. The largest absolute Gasteiger partial charge is 0.492 e. The maximum atomic E-state index is 5.92. The van der Waals surface area contributed by atoms with Gasteiger partial charge in [0.15, 0.2) is 5.96 Å². The van der Waals surface area contributed by atoms with Crippen molar-refractivity contribution < 1.29 is 4.74 Å². The molecule has 0 bridgehead atoms. The highest BCUT2D eigenvalue weighted by atomic mass is 35.5. The first-order valence-corrected chi connectivity index (χ1v) is 9.11. The summed E-state index contributed by atoms with van der Waals surface area (Å²) in [5.74, 6) is 1.94. The van der Waals surface area contributed by atoms with Gasteiger partial charge < -0.3 is 15.4 Å². The summed E-state index contributed by atoms with van der Waals surface area (Å²) in [4.78, 5) is 8.79. The predicted octanol–water partition coefficient (Wildman–Crippen LogP) is 3.66. The Labute approximate surface area is 152 Å². The van der Waals surface area contributed by atoms with Gasteiger partial charge in [-0.1, -0.05) is 31.5 Å². The Morgan fingerprint density at radius 3 is 2.88 bits per heavy atom. The molecule has 0 amide bonds. The van der Waals surface area contributed by atoms with Gasteiger partial charge in [0.1, 0.15) is 17.4 Å². The molecule has 0 spiro atoms. The number of ether oxygens (including phenoxy) is 1. The first kappa shape index (κ1) is 18.5. The highest BCUT2D eigenvalue weighted by Crippen LogP contribution is 2.18. The minimum Gasteiger partial charge on any atom is -0.492 e. The van der Waals surface area contributed by atoms with E-state index >= 15 is 0 Å². The molecule has 0 saturated carbocycles. The molecule has 0 fully saturated rings. The minimum atomic E-state index is 0.455. The average molecular weight is 367 g/mol. The van der Waals surface area contributed by atoms with Crippen LogP contribution in [0.3, 0.4) is 0 Å². The zero-order valence-electron chi connectivity index (χ0n) is 14.2. The Morgan fingerprint density at radius 2 is 2.21 bits per heavy atom. The van der Waals surface area contributed by atoms with Crippen molar-refractivity contribution in [1.29, 1.82) is 0 Å². The van der Waals surface area contributed by atoms with E-state index in [1.165, 1.54) is 0 Å². The van der Waals surface area contributed by atoms with Crippen molar-refractivity contribution in [1.82, 2.24) is 15.6 Å². The highest BCUT2D eigenvalue weighted by molar-refractivity contribution is 7.09. The molecule has 0 radical (unpaired) electrons. The predicted molar refractivity (Wildman–Crippen MR) is 101 cm³/mol. The van der Waals surface area contributed by atoms with E-state index in [2.05, 4.69) is 39.8 Å². The van der Waals surface area contributed by atoms with Crippen molar-refractivity contribution in [3.05, 3.63) is 45.4 Å². The van der Waals surface area contributed by atoms with E-state index < -0.39 is 0 Å². The average Bonchev–Trinajstić information content (AvgIpc) is 3.03. The smallest absolute Gasteiger partial charge is 0.191 e. The van der Waals surface area contributed by atoms with Crippen LogP contribution in [0.1, 0.15) is 30.5 Å². The van der Waals surface area contributed by atoms with Crippen molar-refractivity contribution in [2.45, 2.75) is 26.3 Å². The first-order valence-electron chi connectivity index (χ1n) is 7.85. The summed E-state index contributed by atoms with van der Waals surface area (Å²) in [5.41, 5.74) is 1.13. The Hall–Kier alpha value is -1.79. The molecule has 7 heteroatoms. The third kappa shape index (κ3) is 6.02. The quantitative estimate of drug-likeness (QED) is 0.446. The molecule has 0 aliphatic heterocycles. The van der Waals surface area contributed by atoms with Crippen LogP contribution in [-0.2, 0) is 6.54 Å². The maximum Gasteiger partial charge on any atom is 0.191 e. The van der Waals surface area contributed by atoms with Crippen LogP contribution in [-0.4, -0.2) is 31.1 Å². The van der Waals surface area contributed by atoms with Gasteiger partial charge in [0, 0.05) is 17.5 Å². The molecule has 5 nitrogen and oxygen atoms in total. The molecule has 2 aromatic rings. The monoisotopic (exact) mass is 366 g/mol. The summed E-state index contributed by atoms with van der Waals surface area (Å²) < 4.78 is 5.63. The molecule has 2 N–H and O–H groups in total. The van der Waals surface area contributed by atoms with Crippen LogP contribution in [0.25, 0.3) is 0 Å². The normalized spacial score (nSPS) is 11.6. The number of hydrogen-bond acceptors (Lipinski definition) is 4. The second-order valence-electron chi connectivity index (χ2n) is 5.48. The number of thiazole rings is 1. The van der Waals surface area contributed by atoms with E-state index in [4.69, 9.17) is 16.3 Å². The Kier molecular flexibility index (Phi) is 7.34. The number of aliphatic imine (C=N–C) groups is 1. The van der Waals surface area contributed by atoms with Crippen LogP contribution in [0, 0.1) is 0 Å². The number of hydrogen-bond donors (Lipinski definition) is 2. The van der Waals surface area contributed by atoms with Crippen molar-refractivity contribution in [2.24, 2.45) is 4.99 Å². The number of nitrogens with one attached hydrogen (secondary N) is 2. The lowest BCUT2D eigenvalue weighted by Gasteiger charge is -2.12. The molecule has 0 saturated heterocycles. The number of nitrogens with zero attached hydrogens (tertiary/aromatic N) is 2. The van der Waals surface area contributed by atoms with Gasteiger partial charge >= 0.3 is 0 Å². The fourth-order valence-corrected chi connectivity index (χ4v) is 3.02. The molecule has 1 aromatic heterocycles. The molecule has 1 heterocycles. The summed E-state index contributed by atoms with van der Waals surface area (Å²) in [5, 5.41) is 10.3. The third-order valence-electron chi connectivity index (χ3n) is 3.25. The Morgan fingerprint density at radius 1 is 1.38 bits per heavy atom. The van der Waals surface area contributed by atoms with Crippen molar-refractivity contribution in [3.63, 3.8) is 0 Å². The van der Waals surface area contributed by atoms with Crippen LogP contribution in [0.4, 0.5) is 0 Å². The fourth-order valence-electron chi connectivity index (χ4n) is 1.95. The van der Waals surface area contributed by atoms with Gasteiger partial charge in [-0.05, 0) is 24.1 Å². The van der Waals surface area contributed by atoms with E-state index in [0.717, 1.165) is 22.4 Å². The summed E-state index contributed by atoms with van der Waals surface area (Å²) in [6.45, 7) is 6.11. The van der Waals surface area contributed by atoms with Gasteiger partial charge in [0.05, 0.1) is 18.8 Å². The SMILES string of the molecule is CN=C(NCCOc1cccc(Cl)c1)NCc1nc(C(C)C)cs1. The molecule has 0 atom stereocenters. The lowest BCUT2D eigenvalue weighted by molar-refractivity contribution is 0.322. The topological polar surface area (TPSA) is 58.5 Å².